The molecule has 104 valence electrons. The monoisotopic (exact) mass is 287 g/mol. The predicted molar refractivity (Wildman–Crippen MR) is 79.8 cm³/mol. The van der Waals surface area contributed by atoms with Crippen LogP contribution in [-0.2, 0) is 9.59 Å². The molecule has 1 amide bonds. The normalized spacial score (nSPS) is 13.9. The minimum absolute atomic E-state index is 0.112. The van der Waals surface area contributed by atoms with Gasteiger partial charge in [-0.2, -0.15) is 0 Å². The van der Waals surface area contributed by atoms with Gasteiger partial charge in [-0.3, -0.25) is 9.59 Å². The summed E-state index contributed by atoms with van der Waals surface area (Å²) in [5.41, 5.74) is -0.656. The third-order valence-corrected chi connectivity index (χ3v) is 6.98. The van der Waals surface area contributed by atoms with Crippen LogP contribution in [0.15, 0.2) is 12.7 Å². The van der Waals surface area contributed by atoms with Crippen LogP contribution in [0.1, 0.15) is 6.42 Å². The first-order valence-corrected chi connectivity index (χ1v) is 13.1. The molecule has 1 N–H and O–H groups in total. The maximum absolute atomic E-state index is 12.2. The lowest BCUT2D eigenvalue weighted by atomic mass is 10.4. The Labute approximate surface area is 112 Å². The van der Waals surface area contributed by atoms with Crippen LogP contribution in [-0.4, -0.2) is 43.5 Å². The maximum atomic E-state index is 12.2. The molecule has 4 nitrogen and oxygen atoms in total. The fourth-order valence-electron chi connectivity index (χ4n) is 2.00. The van der Waals surface area contributed by atoms with E-state index in [2.05, 4.69) is 6.58 Å². The molecule has 6 heteroatoms. The summed E-state index contributed by atoms with van der Waals surface area (Å²) in [4.78, 5) is 23.8. The van der Waals surface area contributed by atoms with E-state index in [9.17, 15) is 14.7 Å². The Morgan fingerprint density at radius 1 is 1.22 bits per heavy atom. The molecule has 0 aliphatic rings. The van der Waals surface area contributed by atoms with Crippen molar-refractivity contribution in [2.75, 3.05) is 0 Å². The molecule has 0 saturated carbocycles. The lowest BCUT2D eigenvalue weighted by molar-refractivity contribution is -0.143. The van der Waals surface area contributed by atoms with E-state index in [1.54, 1.807) is 10.6 Å². The third kappa shape index (κ3) is 4.41. The molecule has 0 radical (unpaired) electrons. The third-order valence-electron chi connectivity index (χ3n) is 2.62. The van der Waals surface area contributed by atoms with Gasteiger partial charge in [0, 0.05) is 6.42 Å². The highest BCUT2D eigenvalue weighted by molar-refractivity contribution is 6.84. The minimum Gasteiger partial charge on any atom is -0.480 e. The van der Waals surface area contributed by atoms with Crippen LogP contribution >= 0.6 is 0 Å². The van der Waals surface area contributed by atoms with Crippen LogP contribution in [0.2, 0.25) is 39.3 Å². The van der Waals surface area contributed by atoms with Gasteiger partial charge in [-0.15, -0.1) is 6.58 Å². The highest BCUT2D eigenvalue weighted by Gasteiger charge is 2.44. The molecule has 0 aliphatic carbocycles. The lowest BCUT2D eigenvalue weighted by Gasteiger charge is -2.43. The number of carbonyl (C=O) groups is 2. The van der Waals surface area contributed by atoms with Crippen molar-refractivity contribution < 1.29 is 14.7 Å². The zero-order chi connectivity index (χ0) is 14.7. The molecule has 0 heterocycles. The summed E-state index contributed by atoms with van der Waals surface area (Å²) in [6.07, 6.45) is 1.75. The van der Waals surface area contributed by atoms with Gasteiger partial charge in [-0.1, -0.05) is 45.4 Å². The molecule has 0 fully saturated rings. The quantitative estimate of drug-likeness (QED) is 0.603. The molecule has 0 bridgehead atoms. The van der Waals surface area contributed by atoms with Gasteiger partial charge in [0.05, 0.1) is 8.07 Å². The summed E-state index contributed by atoms with van der Waals surface area (Å²) in [7, 11) is -4.04. The van der Waals surface area contributed by atoms with Gasteiger partial charge in [-0.25, -0.2) is 0 Å². The van der Waals surface area contributed by atoms with Gasteiger partial charge in [-0.05, 0) is 0 Å². The van der Waals surface area contributed by atoms with Crippen molar-refractivity contribution in [1.82, 2.24) is 4.57 Å². The Hall–Kier alpha value is -0.886. The van der Waals surface area contributed by atoms with Crippen LogP contribution < -0.4 is 0 Å². The molecule has 0 aliphatic heterocycles. The van der Waals surface area contributed by atoms with E-state index in [4.69, 9.17) is 0 Å². The van der Waals surface area contributed by atoms with Crippen molar-refractivity contribution >= 4 is 28.2 Å². The molecule has 1 atom stereocenters. The zero-order valence-electron chi connectivity index (χ0n) is 12.3. The fourth-order valence-corrected chi connectivity index (χ4v) is 7.70. The van der Waals surface area contributed by atoms with E-state index in [1.807, 2.05) is 39.3 Å². The second-order valence-electron chi connectivity index (χ2n) is 6.53. The van der Waals surface area contributed by atoms with Crippen LogP contribution in [0, 0.1) is 0 Å². The summed E-state index contributed by atoms with van der Waals surface area (Å²) < 4.78 is 1.66. The number of carbonyl (C=O) groups excluding carboxylic acids is 1. The second kappa shape index (κ2) is 5.84. The van der Waals surface area contributed by atoms with Crippen molar-refractivity contribution in [1.29, 1.82) is 0 Å². The van der Waals surface area contributed by atoms with Crippen LogP contribution in [0.4, 0.5) is 0 Å². The van der Waals surface area contributed by atoms with Crippen molar-refractivity contribution in [2.24, 2.45) is 0 Å². The van der Waals surface area contributed by atoms with Crippen molar-refractivity contribution in [3.05, 3.63) is 12.7 Å². The summed E-state index contributed by atoms with van der Waals surface area (Å²) in [6.45, 7) is 15.5. The first-order chi connectivity index (χ1) is 7.92. The fraction of sp³-hybridized carbons (Fsp3) is 0.667. The summed E-state index contributed by atoms with van der Waals surface area (Å²) in [5, 5.41) is 9.50. The van der Waals surface area contributed by atoms with Crippen molar-refractivity contribution in [2.45, 2.75) is 51.4 Å². The number of hydrogen-bond acceptors (Lipinski definition) is 2. The van der Waals surface area contributed by atoms with Gasteiger partial charge in [0.25, 0.3) is 0 Å². The Morgan fingerprint density at radius 2 is 1.67 bits per heavy atom. The van der Waals surface area contributed by atoms with E-state index >= 15 is 0 Å². The Kier molecular flexibility index (Phi) is 5.55. The van der Waals surface area contributed by atoms with Crippen LogP contribution in [0.25, 0.3) is 0 Å². The van der Waals surface area contributed by atoms with Crippen molar-refractivity contribution in [3.8, 4) is 0 Å². The lowest BCUT2D eigenvalue weighted by Crippen LogP contribution is -2.65. The van der Waals surface area contributed by atoms with E-state index < -0.39 is 27.9 Å². The number of aliphatic carboxylic acids is 1. The van der Waals surface area contributed by atoms with Gasteiger partial charge in [0.1, 0.15) is 5.67 Å². The highest BCUT2D eigenvalue weighted by Crippen LogP contribution is 2.23. The molecule has 0 spiro atoms. The molecule has 0 rings (SSSR count). The minimum atomic E-state index is -2.03. The van der Waals surface area contributed by atoms with Gasteiger partial charge < -0.3 is 9.67 Å². The summed E-state index contributed by atoms with van der Waals surface area (Å²) in [5.74, 6) is -0.993. The summed E-state index contributed by atoms with van der Waals surface area (Å²) in [6, 6.07) is 0. The Balaban J connectivity index is 5.60. The standard InChI is InChI=1S/C12H25NO3Si2/c1-8-9-10(14)13(18(5,6)7)11(12(15)16)17(2,3)4/h8,11H,1,9H2,2-7H3,(H,15,16). The molecular formula is C12H25NO3Si2. The zero-order valence-corrected chi connectivity index (χ0v) is 14.3. The SMILES string of the molecule is C=CCC(=O)N(C(C(=O)O)[Si](C)(C)C)[Si](C)(C)C. The molecule has 0 aromatic rings. The number of amides is 1. The first kappa shape index (κ1) is 17.1. The average Bonchev–Trinajstić information content (AvgIpc) is 2.09. The van der Waals surface area contributed by atoms with Gasteiger partial charge in [0.15, 0.2) is 8.24 Å². The van der Waals surface area contributed by atoms with E-state index in [1.165, 1.54) is 0 Å². The molecular weight excluding hydrogens is 262 g/mol. The number of carboxylic acid groups (broad SMARTS) is 1. The van der Waals surface area contributed by atoms with E-state index in [0.717, 1.165) is 0 Å². The average molecular weight is 288 g/mol. The Morgan fingerprint density at radius 3 is 1.89 bits per heavy atom. The highest BCUT2D eigenvalue weighted by atomic mass is 28.3. The van der Waals surface area contributed by atoms with E-state index in [0.29, 0.717) is 0 Å². The number of carboxylic acids is 1. The molecule has 0 saturated heterocycles. The number of rotatable bonds is 6. The summed E-state index contributed by atoms with van der Waals surface area (Å²) >= 11 is 0. The van der Waals surface area contributed by atoms with Crippen LogP contribution in [0.3, 0.4) is 0 Å². The van der Waals surface area contributed by atoms with Gasteiger partial charge >= 0.3 is 5.97 Å². The number of hydrogen-bond donors (Lipinski definition) is 1. The van der Waals surface area contributed by atoms with Gasteiger partial charge in [0.2, 0.25) is 5.91 Å². The molecule has 1 unspecified atom stereocenters. The van der Waals surface area contributed by atoms with Crippen molar-refractivity contribution in [3.63, 3.8) is 0 Å². The molecule has 0 aromatic heterocycles. The Bertz CT molecular complexity index is 342. The topological polar surface area (TPSA) is 57.6 Å². The smallest absolute Gasteiger partial charge is 0.322 e. The second-order valence-corrected chi connectivity index (χ2v) is 16.6. The first-order valence-electron chi connectivity index (χ1n) is 6.08. The van der Waals surface area contributed by atoms with Crippen LogP contribution in [0.5, 0.6) is 0 Å². The largest absolute Gasteiger partial charge is 0.480 e. The molecule has 0 aromatic carbocycles. The predicted octanol–water partition coefficient (Wildman–Crippen LogP) is 2.56. The van der Waals surface area contributed by atoms with E-state index in [-0.39, 0.29) is 12.3 Å². The number of nitrogens with zero attached hydrogens (tertiary/aromatic N) is 1. The maximum Gasteiger partial charge on any atom is 0.322 e. The molecule has 18 heavy (non-hydrogen) atoms.